The average molecular weight is 543 g/mol. The Kier molecular flexibility index (Phi) is 8.08. The van der Waals surface area contributed by atoms with Gasteiger partial charge in [0.1, 0.15) is 11.5 Å². The van der Waals surface area contributed by atoms with E-state index < -0.39 is 21.8 Å². The van der Waals surface area contributed by atoms with Crippen LogP contribution in [0, 0.1) is 0 Å². The van der Waals surface area contributed by atoms with Crippen molar-refractivity contribution in [3.05, 3.63) is 77.4 Å². The van der Waals surface area contributed by atoms with Crippen molar-refractivity contribution in [2.75, 3.05) is 18.2 Å². The van der Waals surface area contributed by atoms with Gasteiger partial charge in [0.05, 0.1) is 41.2 Å². The summed E-state index contributed by atoms with van der Waals surface area (Å²) in [6.45, 7) is 1.07. The number of nitrogens with one attached hydrogen (secondary N) is 1. The lowest BCUT2D eigenvalue weighted by Gasteiger charge is -2.19. The lowest BCUT2D eigenvalue weighted by molar-refractivity contribution is -0.123. The first-order valence-electron chi connectivity index (χ1n) is 11.4. The maximum absolute atomic E-state index is 13.5. The summed E-state index contributed by atoms with van der Waals surface area (Å²) in [4.78, 5) is 18.0. The van der Waals surface area contributed by atoms with Crippen LogP contribution in [0.3, 0.4) is 0 Å². The first-order valence-corrected chi connectivity index (χ1v) is 13.8. The highest BCUT2D eigenvalue weighted by molar-refractivity contribution is 7.91. The van der Waals surface area contributed by atoms with Gasteiger partial charge in [-0.25, -0.2) is 13.4 Å². The molecule has 0 aliphatic carbocycles. The molecule has 0 fully saturated rings. The Balaban J connectivity index is 1.69. The summed E-state index contributed by atoms with van der Waals surface area (Å²) in [6, 6.07) is 16.2. The first-order chi connectivity index (χ1) is 17.8. The molecule has 1 amide bonds. The quantitative estimate of drug-likeness (QED) is 0.275. The lowest BCUT2D eigenvalue weighted by Crippen LogP contribution is -2.26. The highest BCUT2D eigenvalue weighted by Crippen LogP contribution is 2.31. The molecule has 3 aromatic carbocycles. The molecular formula is C26H26N2O7S2. The molecular weight excluding hydrogens is 516 g/mol. The third-order valence-electron chi connectivity index (χ3n) is 5.73. The molecule has 0 aliphatic heterocycles. The number of aliphatic hydroxyl groups excluding tert-OH is 2. The highest BCUT2D eigenvalue weighted by atomic mass is 32.2. The van der Waals surface area contributed by atoms with Gasteiger partial charge in [0.25, 0.3) is 5.91 Å². The maximum Gasteiger partial charge on any atom is 0.271 e. The van der Waals surface area contributed by atoms with E-state index in [1.807, 2.05) is 0 Å². The van der Waals surface area contributed by atoms with Crippen molar-refractivity contribution >= 4 is 42.4 Å². The Morgan fingerprint density at radius 2 is 1.70 bits per heavy atom. The van der Waals surface area contributed by atoms with Gasteiger partial charge in [-0.15, -0.1) is 0 Å². The number of rotatable bonds is 10. The maximum atomic E-state index is 13.5. The normalized spacial score (nSPS) is 12.3. The predicted octanol–water partition coefficient (Wildman–Crippen LogP) is 3.84. The molecule has 1 atom stereocenters. The van der Waals surface area contributed by atoms with Crippen LogP contribution in [-0.4, -0.2) is 42.4 Å². The third-order valence-corrected chi connectivity index (χ3v) is 8.40. The molecule has 0 saturated heterocycles. The van der Waals surface area contributed by atoms with Crippen LogP contribution >= 0.6 is 11.3 Å². The van der Waals surface area contributed by atoms with Gasteiger partial charge in [0, 0.05) is 5.56 Å². The minimum absolute atomic E-state index is 0.0794. The number of thiazole rings is 1. The third kappa shape index (κ3) is 5.91. The number of anilines is 1. The number of benzene rings is 3. The zero-order chi connectivity index (χ0) is 26.6. The zero-order valence-corrected chi connectivity index (χ0v) is 21.8. The second-order valence-electron chi connectivity index (χ2n) is 8.06. The van der Waals surface area contributed by atoms with Gasteiger partial charge >= 0.3 is 0 Å². The molecule has 9 nitrogen and oxygen atoms in total. The minimum atomic E-state index is -3.51. The Hall–Kier alpha value is -3.51. The predicted molar refractivity (Wildman–Crippen MR) is 141 cm³/mol. The van der Waals surface area contributed by atoms with E-state index in [0.29, 0.717) is 38.8 Å². The van der Waals surface area contributed by atoms with E-state index in [1.165, 1.54) is 30.6 Å². The second-order valence-corrected chi connectivity index (χ2v) is 11.4. The molecule has 37 heavy (non-hydrogen) atoms. The van der Waals surface area contributed by atoms with Crippen molar-refractivity contribution in [1.29, 1.82) is 0 Å². The molecule has 1 aromatic heterocycles. The van der Waals surface area contributed by atoms with Gasteiger partial charge in [-0.05, 0) is 59.7 Å². The molecule has 0 aliphatic rings. The number of aliphatic hydroxyl groups is 2. The molecule has 4 aromatic rings. The van der Waals surface area contributed by atoms with Crippen LogP contribution in [0.4, 0.5) is 5.13 Å². The van der Waals surface area contributed by atoms with Crippen molar-refractivity contribution in [2.45, 2.75) is 31.1 Å². The van der Waals surface area contributed by atoms with Gasteiger partial charge in [0.2, 0.25) is 6.10 Å². The molecule has 3 N–H and O–H groups in total. The molecule has 0 radical (unpaired) electrons. The number of nitrogens with zero attached hydrogens (tertiary/aromatic N) is 1. The van der Waals surface area contributed by atoms with E-state index in [4.69, 9.17) is 9.47 Å². The van der Waals surface area contributed by atoms with Gasteiger partial charge in [-0.2, -0.15) is 0 Å². The van der Waals surface area contributed by atoms with Crippen LogP contribution in [0.25, 0.3) is 10.2 Å². The fourth-order valence-corrected chi connectivity index (χ4v) is 5.53. The number of carbonyl (C=O) groups excluding carboxylic acids is 1. The summed E-state index contributed by atoms with van der Waals surface area (Å²) in [7, 11) is -1.97. The number of carbonyl (C=O) groups is 1. The van der Waals surface area contributed by atoms with Crippen molar-refractivity contribution in [2.24, 2.45) is 0 Å². The Labute approximate surface area is 218 Å². The van der Waals surface area contributed by atoms with E-state index in [-0.39, 0.29) is 23.9 Å². The number of hydrogen-bond acceptors (Lipinski definition) is 9. The number of aromatic nitrogens is 1. The van der Waals surface area contributed by atoms with Crippen molar-refractivity contribution in [3.8, 4) is 11.5 Å². The number of amides is 1. The summed E-state index contributed by atoms with van der Waals surface area (Å²) < 4.78 is 36.9. The standard InChI is InChI=1S/C26H26N2O7S2/c1-3-37(32,33)21-6-4-5-16(11-21)24(35-20-9-7-19(34-2)8-10-20)25(31)28-26-27-22-12-17(14-29)18(15-30)13-23(22)36-26/h4-13,24,29-30H,3,14-15H2,1-2H3,(H,27,28,31). The molecule has 11 heteroatoms. The number of sulfone groups is 1. The fourth-order valence-electron chi connectivity index (χ4n) is 3.68. The molecule has 194 valence electrons. The van der Waals surface area contributed by atoms with Gasteiger partial charge in [-0.3, -0.25) is 10.1 Å². The van der Waals surface area contributed by atoms with Crippen molar-refractivity contribution < 1.29 is 32.9 Å². The van der Waals surface area contributed by atoms with Crippen LogP contribution < -0.4 is 14.8 Å². The summed E-state index contributed by atoms with van der Waals surface area (Å²) >= 11 is 1.21. The van der Waals surface area contributed by atoms with Crippen LogP contribution in [0.1, 0.15) is 29.7 Å². The topological polar surface area (TPSA) is 135 Å². The highest BCUT2D eigenvalue weighted by Gasteiger charge is 2.26. The van der Waals surface area contributed by atoms with Crippen LogP contribution in [-0.2, 0) is 27.8 Å². The summed E-state index contributed by atoms with van der Waals surface area (Å²) in [6.07, 6.45) is -1.19. The smallest absolute Gasteiger partial charge is 0.271 e. The van der Waals surface area contributed by atoms with Crippen molar-refractivity contribution in [3.63, 3.8) is 0 Å². The number of methoxy groups -OCH3 is 1. The molecule has 0 saturated carbocycles. The van der Waals surface area contributed by atoms with Crippen molar-refractivity contribution in [1.82, 2.24) is 4.98 Å². The SMILES string of the molecule is CCS(=O)(=O)c1cccc(C(Oc2ccc(OC)cc2)C(=O)Nc2nc3cc(CO)c(CO)cc3s2)c1. The Morgan fingerprint density at radius 3 is 2.35 bits per heavy atom. The summed E-state index contributed by atoms with van der Waals surface area (Å²) in [5, 5.41) is 22.2. The number of hydrogen-bond donors (Lipinski definition) is 3. The average Bonchev–Trinajstić information content (AvgIpc) is 3.32. The second kappa shape index (κ2) is 11.3. The Morgan fingerprint density at radius 1 is 1.03 bits per heavy atom. The van der Waals surface area contributed by atoms with Gasteiger partial charge < -0.3 is 19.7 Å². The van der Waals surface area contributed by atoms with Crippen LogP contribution in [0.2, 0.25) is 0 Å². The molecule has 1 heterocycles. The largest absolute Gasteiger partial charge is 0.497 e. The summed E-state index contributed by atoms with van der Waals surface area (Å²) in [5.41, 5.74) is 2.04. The lowest BCUT2D eigenvalue weighted by atomic mass is 10.1. The molecule has 0 bridgehead atoms. The summed E-state index contributed by atoms with van der Waals surface area (Å²) in [5.74, 6) is 0.368. The van der Waals surface area contributed by atoms with Gasteiger partial charge in [0.15, 0.2) is 15.0 Å². The van der Waals surface area contributed by atoms with E-state index >= 15 is 0 Å². The first kappa shape index (κ1) is 26.6. The fraction of sp³-hybridized carbons (Fsp3) is 0.231. The number of fused-ring (bicyclic) bond motifs is 1. The van der Waals surface area contributed by atoms with E-state index in [0.717, 1.165) is 4.70 Å². The molecule has 4 rings (SSSR count). The number of ether oxygens (including phenoxy) is 2. The zero-order valence-electron chi connectivity index (χ0n) is 20.2. The van der Waals surface area contributed by atoms with Gasteiger partial charge in [-0.1, -0.05) is 30.4 Å². The molecule has 1 unspecified atom stereocenters. The Bertz CT molecular complexity index is 1470. The monoisotopic (exact) mass is 542 g/mol. The van der Waals surface area contributed by atoms with E-state index in [9.17, 15) is 23.4 Å². The van der Waals surface area contributed by atoms with E-state index in [1.54, 1.807) is 55.5 Å². The van der Waals surface area contributed by atoms with E-state index in [2.05, 4.69) is 10.3 Å². The molecule has 0 spiro atoms. The minimum Gasteiger partial charge on any atom is -0.497 e. The van der Waals surface area contributed by atoms with Crippen LogP contribution in [0.5, 0.6) is 11.5 Å². The van der Waals surface area contributed by atoms with Crippen LogP contribution in [0.15, 0.2) is 65.6 Å².